The zero-order valence-electron chi connectivity index (χ0n) is 12.8. The van der Waals surface area contributed by atoms with Crippen molar-refractivity contribution in [3.8, 4) is 0 Å². The van der Waals surface area contributed by atoms with Gasteiger partial charge in [0.25, 0.3) is 0 Å². The third-order valence-corrected chi connectivity index (χ3v) is 5.00. The fraction of sp³-hybridized carbons (Fsp3) is 0.400. The number of amides is 1. The van der Waals surface area contributed by atoms with Gasteiger partial charge in [0.15, 0.2) is 4.34 Å². The predicted molar refractivity (Wildman–Crippen MR) is 90.9 cm³/mol. The van der Waals surface area contributed by atoms with Gasteiger partial charge in [0.2, 0.25) is 5.91 Å². The van der Waals surface area contributed by atoms with Crippen molar-refractivity contribution in [2.45, 2.75) is 24.4 Å². The molecule has 0 unspecified atom stereocenters. The fourth-order valence-electron chi connectivity index (χ4n) is 1.87. The number of rotatable bonds is 8. The Morgan fingerprint density at radius 2 is 2.23 bits per heavy atom. The molecule has 0 aliphatic rings. The Labute approximate surface area is 139 Å². The van der Waals surface area contributed by atoms with E-state index in [1.54, 1.807) is 5.51 Å². The lowest BCUT2D eigenvalue weighted by molar-refractivity contribution is -0.118. The molecule has 2 rings (SSSR count). The average Bonchev–Trinajstić information content (AvgIpc) is 3.04. The van der Waals surface area contributed by atoms with E-state index in [1.165, 1.54) is 28.7 Å². The highest BCUT2D eigenvalue weighted by Crippen LogP contribution is 2.18. The lowest BCUT2D eigenvalue weighted by Crippen LogP contribution is -2.24. The van der Waals surface area contributed by atoms with Gasteiger partial charge < -0.3 is 10.2 Å². The summed E-state index contributed by atoms with van der Waals surface area (Å²) < 4.78 is 0.819. The van der Waals surface area contributed by atoms with E-state index in [0.29, 0.717) is 12.3 Å². The fourth-order valence-corrected chi connectivity index (χ4v) is 3.18. The highest BCUT2D eigenvalue weighted by molar-refractivity contribution is 8.01. The van der Waals surface area contributed by atoms with Crippen LogP contribution in [0.3, 0.4) is 0 Å². The van der Waals surface area contributed by atoms with Gasteiger partial charge in [-0.25, -0.2) is 0 Å². The summed E-state index contributed by atoms with van der Waals surface area (Å²) in [6.07, 6.45) is 0. The van der Waals surface area contributed by atoms with Crippen molar-refractivity contribution in [2.24, 2.45) is 0 Å². The molecule has 1 N–H and O–H groups in total. The zero-order valence-corrected chi connectivity index (χ0v) is 14.4. The first-order chi connectivity index (χ1) is 10.7. The topological polar surface area (TPSA) is 58.1 Å². The molecule has 1 amide bonds. The van der Waals surface area contributed by atoms with Gasteiger partial charge in [0.1, 0.15) is 5.51 Å². The van der Waals surface area contributed by atoms with E-state index in [2.05, 4.69) is 46.5 Å². The molecule has 1 aromatic heterocycles. The van der Waals surface area contributed by atoms with Crippen LogP contribution in [0.15, 0.2) is 34.1 Å². The average molecular weight is 336 g/mol. The Morgan fingerprint density at radius 1 is 1.41 bits per heavy atom. The van der Waals surface area contributed by atoms with Gasteiger partial charge in [-0.2, -0.15) is 0 Å². The third-order valence-electron chi connectivity index (χ3n) is 3.14. The maximum atomic E-state index is 11.8. The Kier molecular flexibility index (Phi) is 6.82. The van der Waals surface area contributed by atoms with Crippen LogP contribution in [0.5, 0.6) is 0 Å². The first-order valence-corrected chi connectivity index (χ1v) is 8.96. The number of benzene rings is 1. The van der Waals surface area contributed by atoms with Crippen LogP contribution in [0, 0.1) is 0 Å². The minimum absolute atomic E-state index is 0.0104. The number of hydrogen-bond donors (Lipinski definition) is 1. The Bertz CT molecular complexity index is 589. The number of aromatic nitrogens is 2. The van der Waals surface area contributed by atoms with Crippen LogP contribution in [0.2, 0.25) is 0 Å². The summed E-state index contributed by atoms with van der Waals surface area (Å²) >= 11 is 2.86. The molecule has 2 aromatic rings. The highest BCUT2D eigenvalue weighted by Gasteiger charge is 2.05. The predicted octanol–water partition coefficient (Wildman–Crippen LogP) is 2.40. The minimum Gasteiger partial charge on any atom is -0.351 e. The van der Waals surface area contributed by atoms with Crippen molar-refractivity contribution in [3.05, 3.63) is 40.9 Å². The van der Waals surface area contributed by atoms with Crippen LogP contribution < -0.4 is 5.32 Å². The standard InChI is InChI=1S/C15H20N4OS2/c1-3-19(2)9-13-6-4-5-12(7-13)8-16-14(20)10-21-15-18-17-11-22-15/h4-7,11H,3,8-10H2,1-2H3,(H,16,20). The number of carbonyl (C=O) groups excluding carboxylic acids is 1. The molecule has 0 fully saturated rings. The summed E-state index contributed by atoms with van der Waals surface area (Å²) in [7, 11) is 2.10. The van der Waals surface area contributed by atoms with E-state index in [-0.39, 0.29) is 5.91 Å². The molecule has 118 valence electrons. The lowest BCUT2D eigenvalue weighted by Gasteiger charge is -2.14. The smallest absolute Gasteiger partial charge is 0.230 e. The second kappa shape index (κ2) is 8.87. The maximum Gasteiger partial charge on any atom is 0.230 e. The molecular weight excluding hydrogens is 316 g/mol. The van der Waals surface area contributed by atoms with E-state index in [9.17, 15) is 4.79 Å². The number of nitrogens with zero attached hydrogens (tertiary/aromatic N) is 3. The molecule has 0 aliphatic carbocycles. The summed E-state index contributed by atoms with van der Waals surface area (Å²) in [6, 6.07) is 8.33. The second-order valence-electron chi connectivity index (χ2n) is 4.92. The quantitative estimate of drug-likeness (QED) is 0.750. The Balaban J connectivity index is 1.78. The monoisotopic (exact) mass is 336 g/mol. The molecule has 0 saturated heterocycles. The van der Waals surface area contributed by atoms with E-state index in [1.807, 2.05) is 12.1 Å². The van der Waals surface area contributed by atoms with Crippen LogP contribution in [0.4, 0.5) is 0 Å². The first kappa shape index (κ1) is 16.9. The van der Waals surface area contributed by atoms with Crippen molar-refractivity contribution >= 4 is 29.0 Å². The largest absolute Gasteiger partial charge is 0.351 e. The molecule has 0 bridgehead atoms. The van der Waals surface area contributed by atoms with Crippen LogP contribution in [-0.4, -0.2) is 40.3 Å². The van der Waals surface area contributed by atoms with Gasteiger partial charge in [-0.3, -0.25) is 4.79 Å². The summed E-state index contributed by atoms with van der Waals surface area (Å²) in [5.74, 6) is 0.379. The van der Waals surface area contributed by atoms with Gasteiger partial charge in [-0.1, -0.05) is 54.3 Å². The molecule has 7 heteroatoms. The summed E-state index contributed by atoms with van der Waals surface area (Å²) in [6.45, 7) is 4.63. The van der Waals surface area contributed by atoms with Gasteiger partial charge in [0, 0.05) is 13.1 Å². The molecule has 0 atom stereocenters. The minimum atomic E-state index is 0.0104. The van der Waals surface area contributed by atoms with Crippen molar-refractivity contribution in [1.29, 1.82) is 0 Å². The van der Waals surface area contributed by atoms with Gasteiger partial charge in [-0.05, 0) is 24.7 Å². The molecule has 5 nitrogen and oxygen atoms in total. The van der Waals surface area contributed by atoms with Crippen molar-refractivity contribution in [2.75, 3.05) is 19.3 Å². The van der Waals surface area contributed by atoms with Gasteiger partial charge in [-0.15, -0.1) is 10.2 Å². The summed E-state index contributed by atoms with van der Waals surface area (Å²) in [4.78, 5) is 14.1. The molecule has 0 radical (unpaired) electrons. The molecule has 1 heterocycles. The number of thioether (sulfide) groups is 1. The Morgan fingerprint density at radius 3 is 2.95 bits per heavy atom. The zero-order chi connectivity index (χ0) is 15.8. The lowest BCUT2D eigenvalue weighted by atomic mass is 10.1. The molecular formula is C15H20N4OS2. The molecule has 0 saturated carbocycles. The normalized spacial score (nSPS) is 10.9. The van der Waals surface area contributed by atoms with E-state index in [4.69, 9.17) is 0 Å². The van der Waals surface area contributed by atoms with Crippen molar-refractivity contribution in [1.82, 2.24) is 20.4 Å². The van der Waals surface area contributed by atoms with E-state index in [0.717, 1.165) is 23.0 Å². The highest BCUT2D eigenvalue weighted by atomic mass is 32.2. The second-order valence-corrected chi connectivity index (χ2v) is 6.98. The van der Waals surface area contributed by atoms with Crippen LogP contribution >= 0.6 is 23.1 Å². The number of nitrogens with one attached hydrogen (secondary N) is 1. The summed E-state index contributed by atoms with van der Waals surface area (Å²) in [5.41, 5.74) is 4.05. The number of carbonyl (C=O) groups is 1. The first-order valence-electron chi connectivity index (χ1n) is 7.09. The SMILES string of the molecule is CCN(C)Cc1cccc(CNC(=O)CSc2nncs2)c1. The molecule has 0 spiro atoms. The van der Waals surface area contributed by atoms with Crippen molar-refractivity contribution < 1.29 is 4.79 Å². The van der Waals surface area contributed by atoms with Crippen LogP contribution in [0.25, 0.3) is 0 Å². The molecule has 22 heavy (non-hydrogen) atoms. The van der Waals surface area contributed by atoms with Crippen LogP contribution in [0.1, 0.15) is 18.1 Å². The molecule has 1 aromatic carbocycles. The molecule has 0 aliphatic heterocycles. The number of hydrogen-bond acceptors (Lipinski definition) is 6. The summed E-state index contributed by atoms with van der Waals surface area (Å²) in [5, 5.41) is 10.6. The van der Waals surface area contributed by atoms with Gasteiger partial charge in [0.05, 0.1) is 5.75 Å². The third kappa shape index (κ3) is 5.75. The van der Waals surface area contributed by atoms with Crippen molar-refractivity contribution in [3.63, 3.8) is 0 Å². The maximum absolute atomic E-state index is 11.8. The Hall–Kier alpha value is -1.44. The van der Waals surface area contributed by atoms with Gasteiger partial charge >= 0.3 is 0 Å². The van der Waals surface area contributed by atoms with E-state index >= 15 is 0 Å². The van der Waals surface area contributed by atoms with Crippen LogP contribution in [-0.2, 0) is 17.9 Å². The van der Waals surface area contributed by atoms with E-state index < -0.39 is 0 Å².